The van der Waals surface area contributed by atoms with Crippen molar-refractivity contribution in [2.45, 2.75) is 52.1 Å². The highest BCUT2D eigenvalue weighted by Gasteiger charge is 2.25. The van der Waals surface area contributed by atoms with Gasteiger partial charge in [-0.1, -0.05) is 13.8 Å². The topological polar surface area (TPSA) is 22.1 Å². The van der Waals surface area contributed by atoms with E-state index in [1.165, 1.54) is 30.7 Å². The molecule has 1 aromatic rings. The number of hydrogen-bond donors (Lipinski definition) is 0. The zero-order chi connectivity index (χ0) is 12.3. The van der Waals surface area contributed by atoms with Gasteiger partial charge in [0.05, 0.1) is 17.3 Å². The van der Waals surface area contributed by atoms with Crippen molar-refractivity contribution in [1.29, 1.82) is 0 Å². The Labute approximate surface area is 108 Å². The summed E-state index contributed by atoms with van der Waals surface area (Å²) in [7, 11) is 1.73. The van der Waals surface area contributed by atoms with Gasteiger partial charge in [0.1, 0.15) is 0 Å². The van der Waals surface area contributed by atoms with Crippen LogP contribution in [0.5, 0.6) is 0 Å². The van der Waals surface area contributed by atoms with Gasteiger partial charge in [0.15, 0.2) is 0 Å². The minimum absolute atomic E-state index is 0.651. The number of nitrogens with zero attached hydrogens (tertiary/aromatic N) is 1. The molecule has 96 valence electrons. The van der Waals surface area contributed by atoms with Crippen molar-refractivity contribution in [2.75, 3.05) is 7.11 Å². The molecule has 0 amide bonds. The molecular weight excluding hydrogens is 230 g/mol. The van der Waals surface area contributed by atoms with Crippen LogP contribution in [0.4, 0.5) is 0 Å². The summed E-state index contributed by atoms with van der Waals surface area (Å²) in [5.41, 5.74) is 1.10. The van der Waals surface area contributed by atoms with Gasteiger partial charge < -0.3 is 4.74 Å². The third-order valence-electron chi connectivity index (χ3n) is 3.93. The maximum Gasteiger partial charge on any atom is 0.0960 e. The molecule has 0 unspecified atom stereocenters. The molecule has 0 aliphatic heterocycles. The minimum Gasteiger partial charge on any atom is -0.378 e. The maximum atomic E-state index is 5.12. The number of rotatable bonds is 4. The molecular formula is C14H23NOS. The van der Waals surface area contributed by atoms with Gasteiger partial charge in [-0.25, -0.2) is 4.98 Å². The Morgan fingerprint density at radius 1 is 1.35 bits per heavy atom. The van der Waals surface area contributed by atoms with E-state index < -0.39 is 0 Å². The van der Waals surface area contributed by atoms with Gasteiger partial charge >= 0.3 is 0 Å². The van der Waals surface area contributed by atoms with Crippen LogP contribution in [0.3, 0.4) is 0 Å². The van der Waals surface area contributed by atoms with E-state index in [0.29, 0.717) is 12.5 Å². The summed E-state index contributed by atoms with van der Waals surface area (Å²) in [6.07, 6.45) is 5.40. The zero-order valence-corrected chi connectivity index (χ0v) is 11.9. The summed E-state index contributed by atoms with van der Waals surface area (Å²) in [5.74, 6) is 2.49. The monoisotopic (exact) mass is 253 g/mol. The fourth-order valence-electron chi connectivity index (χ4n) is 2.76. The standard InChI is InChI=1S/C14H23NOS/c1-10(2)11-4-6-12(7-5-11)14-15-13(8-16-3)9-17-14/h9-12H,4-8H2,1-3H3. The maximum absolute atomic E-state index is 5.12. The third-order valence-corrected chi connectivity index (χ3v) is 4.98. The van der Waals surface area contributed by atoms with E-state index in [0.717, 1.165) is 17.5 Å². The lowest BCUT2D eigenvalue weighted by Gasteiger charge is -2.29. The lowest BCUT2D eigenvalue weighted by molar-refractivity contribution is 0.181. The predicted octanol–water partition coefficient (Wildman–Crippen LogP) is 4.22. The number of thiazole rings is 1. The molecule has 1 aliphatic carbocycles. The first-order valence-corrected chi connectivity index (χ1v) is 7.52. The Morgan fingerprint density at radius 3 is 2.65 bits per heavy atom. The second-order valence-electron chi connectivity index (χ2n) is 5.47. The molecule has 1 aliphatic rings. The highest BCUT2D eigenvalue weighted by molar-refractivity contribution is 7.09. The van der Waals surface area contributed by atoms with Gasteiger partial charge in [-0.05, 0) is 37.5 Å². The summed E-state index contributed by atoms with van der Waals surface area (Å²) in [4.78, 5) is 4.69. The van der Waals surface area contributed by atoms with Crippen molar-refractivity contribution in [3.05, 3.63) is 16.1 Å². The van der Waals surface area contributed by atoms with Crippen LogP contribution in [-0.2, 0) is 11.3 Å². The van der Waals surface area contributed by atoms with Crippen LogP contribution in [-0.4, -0.2) is 12.1 Å². The van der Waals surface area contributed by atoms with Crippen molar-refractivity contribution < 1.29 is 4.74 Å². The molecule has 0 atom stereocenters. The largest absolute Gasteiger partial charge is 0.378 e. The summed E-state index contributed by atoms with van der Waals surface area (Å²) in [6.45, 7) is 5.36. The van der Waals surface area contributed by atoms with E-state index in [-0.39, 0.29) is 0 Å². The average molecular weight is 253 g/mol. The highest BCUT2D eigenvalue weighted by atomic mass is 32.1. The Balaban J connectivity index is 1.91. The molecule has 2 nitrogen and oxygen atoms in total. The van der Waals surface area contributed by atoms with Crippen LogP contribution in [0.2, 0.25) is 0 Å². The van der Waals surface area contributed by atoms with Gasteiger partial charge in [0, 0.05) is 18.4 Å². The second kappa shape index (κ2) is 5.96. The highest BCUT2D eigenvalue weighted by Crippen LogP contribution is 2.39. The lowest BCUT2D eigenvalue weighted by Crippen LogP contribution is -2.17. The van der Waals surface area contributed by atoms with Crippen LogP contribution >= 0.6 is 11.3 Å². The SMILES string of the molecule is COCc1csc(C2CCC(C(C)C)CC2)n1. The smallest absolute Gasteiger partial charge is 0.0960 e. The Kier molecular flexibility index (Phi) is 4.57. The van der Waals surface area contributed by atoms with Gasteiger partial charge in [-0.3, -0.25) is 0 Å². The molecule has 0 N–H and O–H groups in total. The van der Waals surface area contributed by atoms with Crippen LogP contribution < -0.4 is 0 Å². The number of hydrogen-bond acceptors (Lipinski definition) is 3. The van der Waals surface area contributed by atoms with Crippen molar-refractivity contribution in [1.82, 2.24) is 4.98 Å². The van der Waals surface area contributed by atoms with Crippen molar-refractivity contribution >= 4 is 11.3 Å². The summed E-state index contributed by atoms with van der Waals surface area (Å²) < 4.78 is 5.12. The van der Waals surface area contributed by atoms with Gasteiger partial charge in [-0.2, -0.15) is 0 Å². The molecule has 1 heterocycles. The zero-order valence-electron chi connectivity index (χ0n) is 11.1. The molecule has 2 rings (SSSR count). The van der Waals surface area contributed by atoms with E-state index in [1.54, 1.807) is 7.11 Å². The van der Waals surface area contributed by atoms with Crippen LogP contribution in [0.25, 0.3) is 0 Å². The normalized spacial score (nSPS) is 25.4. The van der Waals surface area contributed by atoms with Gasteiger partial charge in [-0.15, -0.1) is 11.3 Å². The Morgan fingerprint density at radius 2 is 2.06 bits per heavy atom. The van der Waals surface area contributed by atoms with Crippen LogP contribution in [0.1, 0.15) is 56.2 Å². The first-order chi connectivity index (χ1) is 8.20. The number of aromatic nitrogens is 1. The summed E-state index contributed by atoms with van der Waals surface area (Å²) >= 11 is 1.81. The molecule has 1 aromatic heterocycles. The Bertz CT molecular complexity index is 340. The molecule has 17 heavy (non-hydrogen) atoms. The molecule has 0 aromatic carbocycles. The van der Waals surface area contributed by atoms with Crippen molar-refractivity contribution in [3.8, 4) is 0 Å². The molecule has 0 radical (unpaired) electrons. The molecule has 3 heteroatoms. The predicted molar refractivity (Wildman–Crippen MR) is 72.4 cm³/mol. The average Bonchev–Trinajstić information content (AvgIpc) is 2.78. The van der Waals surface area contributed by atoms with E-state index in [2.05, 4.69) is 24.2 Å². The first-order valence-electron chi connectivity index (χ1n) is 6.64. The van der Waals surface area contributed by atoms with E-state index >= 15 is 0 Å². The molecule has 0 bridgehead atoms. The minimum atomic E-state index is 0.651. The van der Waals surface area contributed by atoms with Crippen molar-refractivity contribution in [2.24, 2.45) is 11.8 Å². The van der Waals surface area contributed by atoms with Gasteiger partial charge in [0.2, 0.25) is 0 Å². The number of ether oxygens (including phenoxy) is 1. The molecule has 1 fully saturated rings. The quantitative estimate of drug-likeness (QED) is 0.801. The second-order valence-corrected chi connectivity index (χ2v) is 6.36. The Hall–Kier alpha value is -0.410. The third kappa shape index (κ3) is 3.29. The fourth-order valence-corrected chi connectivity index (χ4v) is 3.73. The summed E-state index contributed by atoms with van der Waals surface area (Å²) in [6, 6.07) is 0. The molecule has 1 saturated carbocycles. The van der Waals surface area contributed by atoms with E-state index in [1.807, 2.05) is 11.3 Å². The van der Waals surface area contributed by atoms with Crippen LogP contribution in [0, 0.1) is 11.8 Å². The first kappa shape index (κ1) is 13.0. The fraction of sp³-hybridized carbons (Fsp3) is 0.786. The summed E-state index contributed by atoms with van der Waals surface area (Å²) in [5, 5.41) is 3.48. The van der Waals surface area contributed by atoms with Crippen molar-refractivity contribution in [3.63, 3.8) is 0 Å². The van der Waals surface area contributed by atoms with Gasteiger partial charge in [0.25, 0.3) is 0 Å². The van der Waals surface area contributed by atoms with Crippen LogP contribution in [0.15, 0.2) is 5.38 Å². The van der Waals surface area contributed by atoms with E-state index in [4.69, 9.17) is 4.74 Å². The van der Waals surface area contributed by atoms with E-state index in [9.17, 15) is 0 Å². The molecule has 0 spiro atoms. The molecule has 0 saturated heterocycles. The lowest BCUT2D eigenvalue weighted by atomic mass is 9.77. The number of methoxy groups -OCH3 is 1.